The summed E-state index contributed by atoms with van der Waals surface area (Å²) in [6.45, 7) is 0. The van der Waals surface area contributed by atoms with Crippen LogP contribution in [0.5, 0.6) is 0 Å². The molecule has 0 amide bonds. The molecule has 2 heterocycles. The molecule has 2 aromatic heterocycles. The summed E-state index contributed by atoms with van der Waals surface area (Å²) in [5.41, 5.74) is 2.60. The van der Waals surface area contributed by atoms with Gasteiger partial charge >= 0.3 is 0 Å². The van der Waals surface area contributed by atoms with Gasteiger partial charge in [0.2, 0.25) is 0 Å². The highest BCUT2D eigenvalue weighted by molar-refractivity contribution is 5.95. The lowest BCUT2D eigenvalue weighted by Crippen LogP contribution is -2.12. The third kappa shape index (κ3) is 2.86. The fourth-order valence-corrected chi connectivity index (χ4v) is 2.02. The Balaban J connectivity index is 1.81. The lowest BCUT2D eigenvalue weighted by Gasteiger charge is -2.00. The molecule has 0 unspecified atom stereocenters. The van der Waals surface area contributed by atoms with Crippen LogP contribution in [0.2, 0.25) is 0 Å². The molecular formula is C17H12N4O. The molecule has 0 bridgehead atoms. The van der Waals surface area contributed by atoms with Crippen LogP contribution in [-0.4, -0.2) is 20.7 Å². The average molecular weight is 288 g/mol. The Morgan fingerprint density at radius 1 is 1.27 bits per heavy atom. The second-order valence-electron chi connectivity index (χ2n) is 4.66. The van der Waals surface area contributed by atoms with Crippen molar-refractivity contribution in [3.63, 3.8) is 0 Å². The number of H-pyrrole nitrogens is 1. The van der Waals surface area contributed by atoms with Crippen LogP contribution in [0.4, 0.5) is 0 Å². The number of nitriles is 1. The van der Waals surface area contributed by atoms with Gasteiger partial charge < -0.3 is 4.98 Å². The van der Waals surface area contributed by atoms with Crippen molar-refractivity contribution in [1.82, 2.24) is 14.8 Å². The van der Waals surface area contributed by atoms with E-state index in [-0.39, 0.29) is 5.91 Å². The van der Waals surface area contributed by atoms with Gasteiger partial charge in [-0.1, -0.05) is 12.1 Å². The van der Waals surface area contributed by atoms with Gasteiger partial charge in [0.1, 0.15) is 0 Å². The van der Waals surface area contributed by atoms with Gasteiger partial charge in [-0.25, -0.2) is 4.68 Å². The number of benzene rings is 1. The van der Waals surface area contributed by atoms with E-state index >= 15 is 0 Å². The van der Waals surface area contributed by atoms with Crippen LogP contribution in [-0.2, 0) is 0 Å². The Morgan fingerprint density at radius 3 is 2.95 bits per heavy atom. The topological polar surface area (TPSA) is 74.5 Å². The van der Waals surface area contributed by atoms with Crippen molar-refractivity contribution in [2.24, 2.45) is 0 Å². The van der Waals surface area contributed by atoms with Gasteiger partial charge in [-0.15, -0.1) is 0 Å². The van der Waals surface area contributed by atoms with Crippen molar-refractivity contribution in [3.05, 3.63) is 77.4 Å². The Kier molecular flexibility index (Phi) is 3.67. The molecule has 5 heteroatoms. The van der Waals surface area contributed by atoms with E-state index in [2.05, 4.69) is 10.1 Å². The molecule has 0 aliphatic carbocycles. The summed E-state index contributed by atoms with van der Waals surface area (Å²) in [5.74, 6) is -0.265. The first-order valence-corrected chi connectivity index (χ1v) is 6.68. The summed E-state index contributed by atoms with van der Waals surface area (Å²) in [5, 5.41) is 13.1. The first-order valence-electron chi connectivity index (χ1n) is 6.68. The summed E-state index contributed by atoms with van der Waals surface area (Å²) < 4.78 is 1.27. The lowest BCUT2D eigenvalue weighted by molar-refractivity contribution is 0.0945. The number of aromatic amines is 1. The number of nitrogens with zero attached hydrogens (tertiary/aromatic N) is 3. The molecule has 0 radical (unpaired) electrons. The molecule has 3 aromatic rings. The standard InChI is InChI=1S/C17H12N4O/c18-11-14-2-1-3-15(10-14)17(22)21-9-7-16(20-21)5-4-13-6-8-19-12-13/h1-10,12,19H/b5-4+. The summed E-state index contributed by atoms with van der Waals surface area (Å²) in [4.78, 5) is 15.3. The van der Waals surface area contributed by atoms with E-state index in [0.29, 0.717) is 16.8 Å². The number of nitrogens with one attached hydrogen (secondary N) is 1. The molecule has 0 spiro atoms. The Hall–Kier alpha value is -3.39. The highest BCUT2D eigenvalue weighted by atomic mass is 16.2. The molecule has 5 nitrogen and oxygen atoms in total. The van der Waals surface area contributed by atoms with Crippen molar-refractivity contribution in [1.29, 1.82) is 5.26 Å². The third-order valence-electron chi connectivity index (χ3n) is 3.12. The normalized spacial score (nSPS) is 10.7. The van der Waals surface area contributed by atoms with Gasteiger partial charge in [0, 0.05) is 24.2 Å². The van der Waals surface area contributed by atoms with Gasteiger partial charge in [-0.3, -0.25) is 4.79 Å². The maximum atomic E-state index is 12.3. The smallest absolute Gasteiger partial charge is 0.278 e. The minimum absolute atomic E-state index is 0.265. The van der Waals surface area contributed by atoms with Crippen molar-refractivity contribution >= 4 is 18.1 Å². The summed E-state index contributed by atoms with van der Waals surface area (Å²) in [7, 11) is 0. The Labute approximate surface area is 127 Å². The van der Waals surface area contributed by atoms with Crippen molar-refractivity contribution in [2.75, 3.05) is 0 Å². The predicted molar refractivity (Wildman–Crippen MR) is 82.8 cm³/mol. The molecular weight excluding hydrogens is 276 g/mol. The maximum Gasteiger partial charge on any atom is 0.278 e. The highest BCUT2D eigenvalue weighted by Gasteiger charge is 2.10. The zero-order valence-electron chi connectivity index (χ0n) is 11.6. The minimum Gasteiger partial charge on any atom is -0.367 e. The van der Waals surface area contributed by atoms with Crippen molar-refractivity contribution in [2.45, 2.75) is 0 Å². The van der Waals surface area contributed by atoms with Crippen LogP contribution in [0.1, 0.15) is 27.2 Å². The molecule has 106 valence electrons. The van der Waals surface area contributed by atoms with E-state index in [0.717, 1.165) is 5.56 Å². The molecule has 3 rings (SSSR count). The van der Waals surface area contributed by atoms with Crippen molar-refractivity contribution in [3.8, 4) is 6.07 Å². The number of hydrogen-bond donors (Lipinski definition) is 1. The molecule has 22 heavy (non-hydrogen) atoms. The second kappa shape index (κ2) is 5.94. The van der Waals surface area contributed by atoms with E-state index in [4.69, 9.17) is 5.26 Å². The molecule has 0 saturated carbocycles. The number of aromatic nitrogens is 3. The lowest BCUT2D eigenvalue weighted by atomic mass is 10.1. The zero-order valence-corrected chi connectivity index (χ0v) is 11.6. The second-order valence-corrected chi connectivity index (χ2v) is 4.66. The quantitative estimate of drug-likeness (QED) is 0.805. The Bertz CT molecular complexity index is 866. The number of hydrogen-bond acceptors (Lipinski definition) is 3. The molecule has 1 N–H and O–H groups in total. The first kappa shape index (κ1) is 13.6. The minimum atomic E-state index is -0.265. The van der Waals surface area contributed by atoms with E-state index < -0.39 is 0 Å². The predicted octanol–water partition coefficient (Wildman–Crippen LogP) is 2.94. The van der Waals surface area contributed by atoms with Gasteiger partial charge in [0.15, 0.2) is 0 Å². The average Bonchev–Trinajstić information content (AvgIpc) is 3.23. The van der Waals surface area contributed by atoms with Crippen LogP contribution in [0.25, 0.3) is 12.2 Å². The largest absolute Gasteiger partial charge is 0.367 e. The first-order chi connectivity index (χ1) is 10.8. The molecule has 0 aliphatic heterocycles. The third-order valence-corrected chi connectivity index (χ3v) is 3.12. The highest BCUT2D eigenvalue weighted by Crippen LogP contribution is 2.09. The van der Waals surface area contributed by atoms with Gasteiger partial charge in [-0.2, -0.15) is 10.4 Å². The molecule has 0 aliphatic rings. The molecule has 0 atom stereocenters. The molecule has 0 fully saturated rings. The number of carbonyl (C=O) groups excluding carboxylic acids is 1. The maximum absolute atomic E-state index is 12.3. The van der Waals surface area contributed by atoms with Gasteiger partial charge in [0.25, 0.3) is 5.91 Å². The molecule has 1 aromatic carbocycles. The summed E-state index contributed by atoms with van der Waals surface area (Å²) in [6, 6.07) is 12.3. The van der Waals surface area contributed by atoms with Crippen molar-refractivity contribution < 1.29 is 4.79 Å². The van der Waals surface area contributed by atoms with Gasteiger partial charge in [-0.05, 0) is 42.0 Å². The van der Waals surface area contributed by atoms with E-state index in [1.807, 2.05) is 36.7 Å². The van der Waals surface area contributed by atoms with Crippen LogP contribution < -0.4 is 0 Å². The van der Waals surface area contributed by atoms with Crippen LogP contribution in [0, 0.1) is 11.3 Å². The monoisotopic (exact) mass is 288 g/mol. The summed E-state index contributed by atoms with van der Waals surface area (Å²) in [6.07, 6.45) is 9.05. The fraction of sp³-hybridized carbons (Fsp3) is 0. The van der Waals surface area contributed by atoms with E-state index in [9.17, 15) is 4.79 Å². The van der Waals surface area contributed by atoms with E-state index in [1.54, 1.807) is 36.5 Å². The summed E-state index contributed by atoms with van der Waals surface area (Å²) >= 11 is 0. The fourth-order valence-electron chi connectivity index (χ4n) is 2.02. The van der Waals surface area contributed by atoms with Gasteiger partial charge in [0.05, 0.1) is 17.3 Å². The zero-order chi connectivity index (χ0) is 15.4. The van der Waals surface area contributed by atoms with Crippen LogP contribution >= 0.6 is 0 Å². The number of rotatable bonds is 3. The van der Waals surface area contributed by atoms with E-state index in [1.165, 1.54) is 4.68 Å². The molecule has 0 saturated heterocycles. The Morgan fingerprint density at radius 2 is 2.18 bits per heavy atom. The van der Waals surface area contributed by atoms with Crippen LogP contribution in [0.3, 0.4) is 0 Å². The van der Waals surface area contributed by atoms with Crippen LogP contribution in [0.15, 0.2) is 55.0 Å². The number of carbonyl (C=O) groups is 1. The SMILES string of the molecule is N#Cc1cccc(C(=O)n2ccc(/C=C/c3cc[nH]c3)n2)c1.